The Morgan fingerprint density at radius 2 is 1.87 bits per heavy atom. The molecule has 0 radical (unpaired) electrons. The molecule has 0 spiro atoms. The molecule has 3 N–H and O–H groups in total. The maximum Gasteiger partial charge on any atom is 0.191 e. The Kier molecular flexibility index (Phi) is 10.7. The van der Waals surface area contributed by atoms with Crippen molar-refractivity contribution in [2.24, 2.45) is 10.9 Å². The Morgan fingerprint density at radius 1 is 1.26 bits per heavy atom. The molecule has 1 rings (SSSR count). The van der Waals surface area contributed by atoms with E-state index in [9.17, 15) is 5.11 Å². The first-order valence-corrected chi connectivity index (χ1v) is 8.86. The van der Waals surface area contributed by atoms with Gasteiger partial charge in [-0.1, -0.05) is 20.8 Å². The Morgan fingerprint density at radius 3 is 2.30 bits per heavy atom. The van der Waals surface area contributed by atoms with Crippen molar-refractivity contribution in [1.29, 1.82) is 0 Å². The van der Waals surface area contributed by atoms with Gasteiger partial charge >= 0.3 is 0 Å². The first kappa shape index (κ1) is 22.9. The van der Waals surface area contributed by atoms with E-state index in [1.165, 1.54) is 0 Å². The molecular weight excluding hydrogens is 403 g/mol. The van der Waals surface area contributed by atoms with Crippen molar-refractivity contribution in [2.75, 3.05) is 26.2 Å². The van der Waals surface area contributed by atoms with E-state index in [0.29, 0.717) is 24.5 Å². The van der Waals surface area contributed by atoms with Crippen molar-refractivity contribution in [3.63, 3.8) is 0 Å². The molecule has 1 fully saturated rings. The Balaban J connectivity index is 0.00000484. The van der Waals surface area contributed by atoms with Gasteiger partial charge in [-0.3, -0.25) is 9.89 Å². The first-order valence-electron chi connectivity index (χ1n) is 8.86. The van der Waals surface area contributed by atoms with Crippen molar-refractivity contribution in [1.82, 2.24) is 15.5 Å². The van der Waals surface area contributed by atoms with Crippen LogP contribution < -0.4 is 10.6 Å². The number of aliphatic hydroxyl groups is 1. The third-order valence-corrected chi connectivity index (χ3v) is 4.88. The summed E-state index contributed by atoms with van der Waals surface area (Å²) in [6, 6.07) is 0.996. The fourth-order valence-electron chi connectivity index (χ4n) is 2.81. The second kappa shape index (κ2) is 10.7. The highest BCUT2D eigenvalue weighted by molar-refractivity contribution is 14.0. The van der Waals surface area contributed by atoms with E-state index < -0.39 is 5.60 Å². The zero-order valence-electron chi connectivity index (χ0n) is 15.7. The van der Waals surface area contributed by atoms with Crippen LogP contribution in [-0.4, -0.2) is 59.8 Å². The molecule has 0 aromatic carbocycles. The molecule has 138 valence electrons. The standard InChI is InChI=1S/C17H36N4O.HI/c1-7-17(22,8-2)12-19-16(18-9-3)20-15-11-21(13(4)5)10-14(15)6;/h13-15,22H,7-12H2,1-6H3,(H2,18,19,20);1H. The normalized spacial score (nSPS) is 23.0. The quantitative estimate of drug-likeness (QED) is 0.323. The number of nitrogens with zero attached hydrogens (tertiary/aromatic N) is 2. The Bertz CT molecular complexity index is 359. The molecule has 23 heavy (non-hydrogen) atoms. The van der Waals surface area contributed by atoms with E-state index in [4.69, 9.17) is 0 Å². The third-order valence-electron chi connectivity index (χ3n) is 4.88. The maximum atomic E-state index is 10.4. The van der Waals surface area contributed by atoms with Gasteiger partial charge in [-0.25, -0.2) is 0 Å². The summed E-state index contributed by atoms with van der Waals surface area (Å²) >= 11 is 0. The molecule has 2 atom stereocenters. The van der Waals surface area contributed by atoms with E-state index in [1.54, 1.807) is 0 Å². The highest BCUT2D eigenvalue weighted by Gasteiger charge is 2.31. The zero-order valence-corrected chi connectivity index (χ0v) is 18.1. The van der Waals surface area contributed by atoms with Gasteiger partial charge in [0.15, 0.2) is 5.96 Å². The lowest BCUT2D eigenvalue weighted by Crippen LogP contribution is -2.47. The average Bonchev–Trinajstić information content (AvgIpc) is 2.86. The van der Waals surface area contributed by atoms with Crippen LogP contribution >= 0.6 is 24.0 Å². The summed E-state index contributed by atoms with van der Waals surface area (Å²) in [7, 11) is 0. The number of rotatable bonds is 7. The van der Waals surface area contributed by atoms with Gasteiger partial charge in [0.1, 0.15) is 0 Å². The second-order valence-corrected chi connectivity index (χ2v) is 6.90. The number of hydrogen-bond acceptors (Lipinski definition) is 3. The summed E-state index contributed by atoms with van der Waals surface area (Å²) in [5, 5.41) is 17.3. The lowest BCUT2D eigenvalue weighted by Gasteiger charge is -2.25. The van der Waals surface area contributed by atoms with Crippen LogP contribution in [0.4, 0.5) is 0 Å². The molecule has 0 aliphatic carbocycles. The van der Waals surface area contributed by atoms with Crippen molar-refractivity contribution >= 4 is 29.9 Å². The molecule has 0 amide bonds. The number of halogens is 1. The van der Waals surface area contributed by atoms with Gasteiger partial charge in [0.25, 0.3) is 0 Å². The zero-order chi connectivity index (χ0) is 16.8. The first-order chi connectivity index (χ1) is 10.3. The summed E-state index contributed by atoms with van der Waals surface area (Å²) in [4.78, 5) is 7.12. The van der Waals surface area contributed by atoms with E-state index in [2.05, 4.69) is 48.2 Å². The molecule has 0 bridgehead atoms. The van der Waals surface area contributed by atoms with Gasteiger partial charge in [0.2, 0.25) is 0 Å². The topological polar surface area (TPSA) is 59.9 Å². The van der Waals surface area contributed by atoms with E-state index in [0.717, 1.165) is 38.4 Å². The van der Waals surface area contributed by atoms with Crippen LogP contribution in [0.25, 0.3) is 0 Å². The lowest BCUT2D eigenvalue weighted by molar-refractivity contribution is 0.0417. The minimum atomic E-state index is -0.687. The second-order valence-electron chi connectivity index (χ2n) is 6.90. The van der Waals surface area contributed by atoms with Gasteiger partial charge in [-0.15, -0.1) is 24.0 Å². The highest BCUT2D eigenvalue weighted by Crippen LogP contribution is 2.19. The predicted molar refractivity (Wildman–Crippen MR) is 110 cm³/mol. The number of aliphatic imine (C=N–C) groups is 1. The molecular formula is C17H37IN4O. The SMILES string of the molecule is CCNC(=NCC(O)(CC)CC)NC1CN(C(C)C)CC1C.I. The minimum absolute atomic E-state index is 0. The predicted octanol–water partition coefficient (Wildman–Crippen LogP) is 2.44. The molecule has 1 heterocycles. The summed E-state index contributed by atoms with van der Waals surface area (Å²) < 4.78 is 0. The van der Waals surface area contributed by atoms with Crippen molar-refractivity contribution in [3.05, 3.63) is 0 Å². The fourth-order valence-corrected chi connectivity index (χ4v) is 2.81. The molecule has 1 saturated heterocycles. The van der Waals surface area contributed by atoms with Crippen LogP contribution in [0.5, 0.6) is 0 Å². The van der Waals surface area contributed by atoms with Gasteiger partial charge in [-0.2, -0.15) is 0 Å². The molecule has 6 heteroatoms. The van der Waals surface area contributed by atoms with E-state index in [1.807, 2.05) is 13.8 Å². The summed E-state index contributed by atoms with van der Waals surface area (Å²) in [6.07, 6.45) is 1.46. The van der Waals surface area contributed by atoms with Gasteiger partial charge in [0, 0.05) is 31.7 Å². The van der Waals surface area contributed by atoms with Crippen LogP contribution in [0, 0.1) is 5.92 Å². The van der Waals surface area contributed by atoms with Crippen LogP contribution in [0.2, 0.25) is 0 Å². The minimum Gasteiger partial charge on any atom is -0.388 e. The van der Waals surface area contributed by atoms with Crippen LogP contribution in [0.1, 0.15) is 54.4 Å². The summed E-state index contributed by atoms with van der Waals surface area (Å²) in [5.41, 5.74) is -0.687. The monoisotopic (exact) mass is 440 g/mol. The molecule has 5 nitrogen and oxygen atoms in total. The Labute approximate surface area is 159 Å². The van der Waals surface area contributed by atoms with Crippen LogP contribution in [0.15, 0.2) is 4.99 Å². The molecule has 1 aliphatic heterocycles. The largest absolute Gasteiger partial charge is 0.388 e. The van der Waals surface area contributed by atoms with Gasteiger partial charge < -0.3 is 15.7 Å². The number of hydrogen-bond donors (Lipinski definition) is 3. The average molecular weight is 440 g/mol. The smallest absolute Gasteiger partial charge is 0.191 e. The molecule has 1 aliphatic rings. The van der Waals surface area contributed by atoms with Gasteiger partial charge in [0.05, 0.1) is 12.1 Å². The number of nitrogens with one attached hydrogen (secondary N) is 2. The van der Waals surface area contributed by atoms with Crippen molar-refractivity contribution < 1.29 is 5.11 Å². The number of guanidine groups is 1. The lowest BCUT2D eigenvalue weighted by atomic mass is 9.98. The number of likely N-dealkylation sites (tertiary alicyclic amines) is 1. The van der Waals surface area contributed by atoms with Crippen LogP contribution in [0.3, 0.4) is 0 Å². The van der Waals surface area contributed by atoms with Crippen LogP contribution in [-0.2, 0) is 0 Å². The molecule has 0 saturated carbocycles. The maximum absolute atomic E-state index is 10.4. The molecule has 0 aromatic heterocycles. The summed E-state index contributed by atoms with van der Waals surface area (Å²) in [6.45, 7) is 16.3. The molecule has 2 unspecified atom stereocenters. The molecule has 0 aromatic rings. The summed E-state index contributed by atoms with van der Waals surface area (Å²) in [5.74, 6) is 1.42. The van der Waals surface area contributed by atoms with E-state index >= 15 is 0 Å². The van der Waals surface area contributed by atoms with E-state index in [-0.39, 0.29) is 24.0 Å². The highest BCUT2D eigenvalue weighted by atomic mass is 127. The fraction of sp³-hybridized carbons (Fsp3) is 0.941. The van der Waals surface area contributed by atoms with Crippen molar-refractivity contribution in [2.45, 2.75) is 72.1 Å². The van der Waals surface area contributed by atoms with Crippen molar-refractivity contribution in [3.8, 4) is 0 Å². The third kappa shape index (κ3) is 7.13. The Hall–Kier alpha value is -0.0800. The van der Waals surface area contributed by atoms with Gasteiger partial charge in [-0.05, 0) is 39.5 Å².